The van der Waals surface area contributed by atoms with Crippen LogP contribution < -0.4 is 0 Å². The number of phenols is 14. The van der Waals surface area contributed by atoms with Crippen LogP contribution >= 0.6 is 0 Å². The van der Waals surface area contributed by atoms with Gasteiger partial charge in [-0.2, -0.15) is 84.2 Å². The lowest BCUT2D eigenvalue weighted by Crippen LogP contribution is -2.08. The lowest BCUT2D eigenvalue weighted by molar-refractivity contribution is 0.375. The van der Waals surface area contributed by atoms with E-state index in [2.05, 4.69) is 0 Å². The van der Waals surface area contributed by atoms with Gasteiger partial charge in [-0.1, -0.05) is 18.2 Å². The van der Waals surface area contributed by atoms with Crippen molar-refractivity contribution in [3.63, 3.8) is 0 Å². The average Bonchev–Trinajstić information content (AvgIpc) is 0.785. The third-order valence-electron chi connectivity index (χ3n) is 12.1. The summed E-state index contributed by atoms with van der Waals surface area (Å²) in [5.41, 5.74) is -0.985. The van der Waals surface area contributed by atoms with E-state index in [1.165, 1.54) is 43.3 Å². The number of fused-ring (bicyclic) bond motifs is 1. The van der Waals surface area contributed by atoms with Crippen molar-refractivity contribution in [3.8, 4) is 80.5 Å². The maximum atomic E-state index is 10.9. The molecule has 0 aliphatic carbocycles. The number of phenolic OH excluding ortho intramolecular Hbond substituents is 14. The third kappa shape index (κ3) is 23.9. The van der Waals surface area contributed by atoms with Gasteiger partial charge in [0, 0.05) is 23.8 Å². The Morgan fingerprint density at radius 2 is 0.615 bits per heavy atom. The van der Waals surface area contributed by atoms with Gasteiger partial charge >= 0.3 is 0 Å². The van der Waals surface area contributed by atoms with E-state index in [0.717, 1.165) is 63.2 Å². The highest BCUT2D eigenvalue weighted by Gasteiger charge is 2.31. The van der Waals surface area contributed by atoms with Crippen molar-refractivity contribution >= 4 is 112 Å². The Morgan fingerprint density at radius 1 is 0.231 bits per heavy atom. The summed E-state index contributed by atoms with van der Waals surface area (Å²) in [5, 5.41) is 128. The molecule has 8 rings (SSSR count). The molecule has 44 nitrogen and oxygen atoms in total. The van der Waals surface area contributed by atoms with Crippen LogP contribution in [0, 0.1) is 27.7 Å². The van der Waals surface area contributed by atoms with E-state index in [4.69, 9.17) is 81.3 Å². The Hall–Kier alpha value is -9.68. The van der Waals surface area contributed by atoms with Crippen molar-refractivity contribution < 1.29 is 201 Å². The molecule has 54 heteroatoms. The molecule has 0 heterocycles. The summed E-state index contributed by atoms with van der Waals surface area (Å²) in [5.74, 6) is -11.7. The highest BCUT2D eigenvalue weighted by Crippen LogP contribution is 2.43. The Kier molecular flexibility index (Phi) is 28.3. The molecule has 576 valence electrons. The first-order chi connectivity index (χ1) is 46.4. The van der Waals surface area contributed by atoms with Gasteiger partial charge in [0.1, 0.15) is 50.7 Å². The van der Waals surface area contributed by atoms with Crippen molar-refractivity contribution in [2.24, 2.45) is 0 Å². The number of hydrogen-bond donors (Lipinski definition) is 24. The zero-order chi connectivity index (χ0) is 81.6. The summed E-state index contributed by atoms with van der Waals surface area (Å²) in [6, 6.07) is 16.1. The van der Waals surface area contributed by atoms with Crippen molar-refractivity contribution in [1.82, 2.24) is 0 Å². The molecule has 24 N–H and O–H groups in total. The highest BCUT2D eigenvalue weighted by molar-refractivity contribution is 7.88. The van der Waals surface area contributed by atoms with Crippen LogP contribution in [0.2, 0.25) is 0 Å². The maximum absolute atomic E-state index is 10.9. The zero-order valence-corrected chi connectivity index (χ0v) is 59.4. The van der Waals surface area contributed by atoms with Gasteiger partial charge in [0.15, 0.2) is 69.0 Å². The van der Waals surface area contributed by atoms with Crippen LogP contribution in [0.1, 0.15) is 22.3 Å². The molecule has 0 spiro atoms. The monoisotopic (exact) mass is 1680 g/mol. The van der Waals surface area contributed by atoms with E-state index in [9.17, 15) is 120 Å². The molecule has 8 aromatic rings. The van der Waals surface area contributed by atoms with Crippen molar-refractivity contribution in [2.45, 2.75) is 76.6 Å². The largest absolute Gasteiger partial charge is 0.507 e. The summed E-state index contributed by atoms with van der Waals surface area (Å²) in [6.07, 6.45) is 0. The van der Waals surface area contributed by atoms with Gasteiger partial charge in [-0.15, -0.1) is 0 Å². The average molecular weight is 1680 g/mol. The second-order valence-electron chi connectivity index (χ2n) is 19.6. The fourth-order valence-electron chi connectivity index (χ4n) is 7.54. The molecule has 0 radical (unpaired) electrons. The van der Waals surface area contributed by atoms with Gasteiger partial charge in [0.05, 0.1) is 15.2 Å². The predicted octanol–water partition coefficient (Wildman–Crippen LogP) is 2.54. The van der Waals surface area contributed by atoms with Gasteiger partial charge < -0.3 is 71.5 Å². The number of para-hydroxylation sites is 1. The molecular formula is C50H52O44S10. The number of aromatic hydroxyl groups is 14. The summed E-state index contributed by atoms with van der Waals surface area (Å²) < 4.78 is 302. The molecule has 0 saturated carbocycles. The minimum atomic E-state index is -4.95. The number of benzene rings is 8. The van der Waals surface area contributed by atoms with E-state index in [1.54, 1.807) is 0 Å². The SMILES string of the molecule is Cc1c(S(=O)(=O)O)cc(O)c(O)c1S(=O)(=O)O.Cc1c(S(=O)(=O)O)cc(S(=O)(=O)O)c(O)c1O.Cc1cc(O)c(O)c(S(=O)(=O)O)c1.Cc1cc(S(=O)(=O)O)c(O)c(O)c1S(=O)(=O)O.O=S(=O)(O)c1cc(O)c2c(O)cccc2c1.O=S(=O)(O)c1ccc(O)c(O)c1.O=S(=O)(O)c1cccc(O)c1O. The topological polar surface area (TPSA) is 827 Å². The van der Waals surface area contributed by atoms with Crippen molar-refractivity contribution in [2.75, 3.05) is 0 Å². The normalized spacial score (nSPS) is 12.1. The summed E-state index contributed by atoms with van der Waals surface area (Å²) >= 11 is 0. The van der Waals surface area contributed by atoms with E-state index in [1.807, 2.05) is 0 Å². The van der Waals surface area contributed by atoms with Gasteiger partial charge in [-0.05, 0) is 110 Å². The van der Waals surface area contributed by atoms with Crippen LogP contribution in [0.4, 0.5) is 0 Å². The molecule has 0 unspecified atom stereocenters. The number of hydrogen-bond acceptors (Lipinski definition) is 34. The Labute approximate surface area is 585 Å². The highest BCUT2D eigenvalue weighted by atomic mass is 32.3. The fraction of sp³-hybridized carbons (Fsp3) is 0.0800. The smallest absolute Gasteiger partial charge is 0.298 e. The summed E-state index contributed by atoms with van der Waals surface area (Å²) in [6.45, 7) is 4.56. The van der Waals surface area contributed by atoms with E-state index in [0.29, 0.717) is 29.1 Å². The van der Waals surface area contributed by atoms with Gasteiger partial charge in [-0.25, -0.2) is 0 Å². The first-order valence-electron chi connectivity index (χ1n) is 25.3. The molecule has 0 aromatic heterocycles. The lowest BCUT2D eigenvalue weighted by Gasteiger charge is -2.10. The van der Waals surface area contributed by atoms with Crippen molar-refractivity contribution in [1.29, 1.82) is 0 Å². The molecule has 0 atom stereocenters. The minimum absolute atomic E-state index is 0.148. The minimum Gasteiger partial charge on any atom is -0.507 e. The molecule has 104 heavy (non-hydrogen) atoms. The molecular weight excluding hydrogens is 1630 g/mol. The van der Waals surface area contributed by atoms with Crippen LogP contribution in [0.25, 0.3) is 10.8 Å². The van der Waals surface area contributed by atoms with Crippen LogP contribution in [0.5, 0.6) is 80.5 Å². The van der Waals surface area contributed by atoms with Crippen molar-refractivity contribution in [3.05, 3.63) is 119 Å². The Bertz CT molecular complexity index is 5820. The van der Waals surface area contributed by atoms with Gasteiger partial charge in [0.25, 0.3) is 101 Å². The molecule has 0 saturated heterocycles. The molecule has 0 aliphatic heterocycles. The Morgan fingerprint density at radius 3 is 1.04 bits per heavy atom. The quantitative estimate of drug-likeness (QED) is 0.0691. The second kappa shape index (κ2) is 32.5. The van der Waals surface area contributed by atoms with Gasteiger partial charge in [0.2, 0.25) is 0 Å². The number of aryl methyl sites for hydroxylation is 2. The van der Waals surface area contributed by atoms with Crippen LogP contribution in [-0.4, -0.2) is 201 Å². The van der Waals surface area contributed by atoms with E-state index < -0.39 is 236 Å². The van der Waals surface area contributed by atoms with Gasteiger partial charge in [-0.3, -0.25) is 45.5 Å². The zero-order valence-electron chi connectivity index (χ0n) is 51.2. The summed E-state index contributed by atoms with van der Waals surface area (Å²) in [7, 11) is -46.8. The van der Waals surface area contributed by atoms with Crippen LogP contribution in [-0.2, 0) is 101 Å². The first-order valence-corrected chi connectivity index (χ1v) is 39.7. The molecule has 0 fully saturated rings. The third-order valence-corrected chi connectivity index (χ3v) is 21.2. The molecule has 0 amide bonds. The number of rotatable bonds is 10. The molecule has 0 aliphatic rings. The fourth-order valence-corrected chi connectivity index (χ4v) is 14.4. The lowest BCUT2D eigenvalue weighted by atomic mass is 10.1. The molecule has 8 aromatic carbocycles. The Balaban J connectivity index is 0.000000414. The second-order valence-corrected chi connectivity index (χ2v) is 33.5. The predicted molar refractivity (Wildman–Crippen MR) is 343 cm³/mol. The first kappa shape index (κ1) is 90.4. The summed E-state index contributed by atoms with van der Waals surface area (Å²) in [4.78, 5) is -8.60. The van der Waals surface area contributed by atoms with Crippen LogP contribution in [0.15, 0.2) is 146 Å². The van der Waals surface area contributed by atoms with E-state index in [-0.39, 0.29) is 16.7 Å². The van der Waals surface area contributed by atoms with E-state index >= 15 is 0 Å². The maximum Gasteiger partial charge on any atom is 0.298 e. The molecule has 0 bridgehead atoms. The standard InChI is InChI=1S/C10H8O5S.3C7H8O8S2.C7H8O5S.2C6H6O5S/c11-8-3-1-2-6-4-7(16(13,14)15)5-9(12)10(6)8;1-3-5(16(10,11)12)2-4(8)6(9)7(3)17(13,14)15;1-3-4(16(10,11)12)2-5(17(13,14)15)7(9)6(3)8;1-3-2-4(16(10,11)12)5(8)6(9)7(3)17(13,14)15;1-4-2-5(8)7(9)6(3-4)13(10,11)12;7-5-2-1-4(3-6(5)8)12(9,10)11;7-4-2-1-3-5(6(4)8)12(9,10)11/h1-5,11-12H,(H,13,14,15);3*2,8-9H,1H3,(H,10,11,12)(H,13,14,15);2-3,8-9H,1H3,(H,10,11,12);2*1-3,7-8H,(H,9,10,11). The van der Waals surface area contributed by atoms with Crippen LogP contribution in [0.3, 0.4) is 0 Å².